The zero-order chi connectivity index (χ0) is 23.9. The van der Waals surface area contributed by atoms with Crippen LogP contribution in [-0.4, -0.2) is 52.3 Å². The van der Waals surface area contributed by atoms with Crippen LogP contribution in [0, 0.1) is 12.3 Å². The Bertz CT molecular complexity index is 1150. The number of rotatable bonds is 8. The average molecular weight is 510 g/mol. The fourth-order valence-electron chi connectivity index (χ4n) is 2.38. The predicted molar refractivity (Wildman–Crippen MR) is 93.5 cm³/mol. The number of terminal acetylenes is 1. The number of phosphoric ester groups is 1. The molecular formula is C11H14FN2O14P3. The normalized spacial score (nSPS) is 30.3. The second kappa shape index (κ2) is 8.45. The smallest absolute Gasteiger partial charge is 0.359 e. The van der Waals surface area contributed by atoms with Crippen molar-refractivity contribution in [3.63, 3.8) is 0 Å². The first-order valence-corrected chi connectivity index (χ1v) is 12.1. The summed E-state index contributed by atoms with van der Waals surface area (Å²) in [5.41, 5.74) is -4.75. The van der Waals surface area contributed by atoms with Gasteiger partial charge in [-0.15, -0.1) is 6.42 Å². The third kappa shape index (κ3) is 6.27. The van der Waals surface area contributed by atoms with E-state index < -0.39 is 65.4 Å². The predicted octanol–water partition coefficient (Wildman–Crippen LogP) is -1.17. The van der Waals surface area contributed by atoms with Crippen LogP contribution in [0.1, 0.15) is 12.6 Å². The molecule has 1 aliphatic rings. The van der Waals surface area contributed by atoms with E-state index in [1.165, 1.54) is 0 Å². The monoisotopic (exact) mass is 510 g/mol. The van der Waals surface area contributed by atoms with Crippen molar-refractivity contribution >= 4 is 23.5 Å². The van der Waals surface area contributed by atoms with E-state index in [4.69, 9.17) is 25.8 Å². The van der Waals surface area contributed by atoms with E-state index in [9.17, 15) is 37.7 Å². The van der Waals surface area contributed by atoms with Crippen molar-refractivity contribution in [3.05, 3.63) is 33.1 Å². The van der Waals surface area contributed by atoms with Crippen molar-refractivity contribution in [2.24, 2.45) is 0 Å². The van der Waals surface area contributed by atoms with Gasteiger partial charge in [-0.05, 0) is 0 Å². The molecule has 5 atom stereocenters. The zero-order valence-corrected chi connectivity index (χ0v) is 17.5. The van der Waals surface area contributed by atoms with Gasteiger partial charge in [-0.1, -0.05) is 5.92 Å². The lowest BCUT2D eigenvalue weighted by Gasteiger charge is -2.30. The first-order valence-electron chi connectivity index (χ1n) is 7.58. The van der Waals surface area contributed by atoms with Crippen LogP contribution in [0.4, 0.5) is 4.39 Å². The van der Waals surface area contributed by atoms with E-state index in [0.717, 1.165) is 12.3 Å². The first-order chi connectivity index (χ1) is 13.9. The Balaban J connectivity index is 2.23. The van der Waals surface area contributed by atoms with E-state index in [2.05, 4.69) is 13.1 Å². The van der Waals surface area contributed by atoms with E-state index in [0.29, 0.717) is 4.57 Å². The number of nitrogens with one attached hydrogen (secondary N) is 1. The lowest BCUT2D eigenvalue weighted by atomic mass is 9.96. The Hall–Kier alpha value is -1.50. The molecule has 31 heavy (non-hydrogen) atoms. The highest BCUT2D eigenvalue weighted by molar-refractivity contribution is 7.66. The average Bonchev–Trinajstić information content (AvgIpc) is 2.80. The molecule has 1 aromatic heterocycles. The highest BCUT2D eigenvalue weighted by Crippen LogP contribution is 2.66. The Morgan fingerprint density at radius 1 is 1.26 bits per heavy atom. The zero-order valence-electron chi connectivity index (χ0n) is 14.8. The molecular weight excluding hydrogens is 496 g/mol. The van der Waals surface area contributed by atoms with E-state index in [1.54, 1.807) is 5.92 Å². The Kier molecular flexibility index (Phi) is 7.02. The molecule has 6 N–H and O–H groups in total. The number of hydrogen-bond acceptors (Lipinski definition) is 10. The maximum atomic E-state index is 14.8. The maximum Gasteiger partial charge on any atom is 0.490 e. The molecule has 2 rings (SSSR count). The number of H-pyrrole nitrogens is 1. The summed E-state index contributed by atoms with van der Waals surface area (Å²) in [6.07, 6.45) is 3.36. The largest absolute Gasteiger partial charge is 0.490 e. The van der Waals surface area contributed by atoms with Gasteiger partial charge in [0.15, 0.2) is 0 Å². The minimum absolute atomic E-state index is 0.635. The number of ether oxygens (including phenoxy) is 1. The van der Waals surface area contributed by atoms with Gasteiger partial charge in [0, 0.05) is 12.3 Å². The standard InChI is InChI=1S/C11H14FN2O14P3/c1-2-10(6-25-30(21,22)28-31(23,24)27-29(18,19)20)11(12,17)5-8(26-10)14-4-3-7(15)13-9(14)16/h1,3-4,8,17H,5-6H2,(H,21,22)(H,23,24)(H,13,15,16)(H2,18,19,20)/t8-,10-,11+/m1/s1. The van der Waals surface area contributed by atoms with Crippen LogP contribution in [0.2, 0.25) is 0 Å². The molecule has 2 heterocycles. The summed E-state index contributed by atoms with van der Waals surface area (Å²) < 4.78 is 65.4. The Morgan fingerprint density at radius 3 is 2.39 bits per heavy atom. The number of aromatic amines is 1. The lowest BCUT2D eigenvalue weighted by molar-refractivity contribution is -0.186. The minimum Gasteiger partial charge on any atom is -0.359 e. The number of aromatic nitrogens is 2. The van der Waals surface area contributed by atoms with Gasteiger partial charge in [-0.3, -0.25) is 18.9 Å². The van der Waals surface area contributed by atoms with Crippen LogP contribution in [0.15, 0.2) is 21.9 Å². The number of alkyl halides is 1. The molecule has 0 radical (unpaired) electrons. The molecule has 1 saturated heterocycles. The van der Waals surface area contributed by atoms with Gasteiger partial charge in [0.1, 0.15) is 12.8 Å². The van der Waals surface area contributed by atoms with Crippen LogP contribution < -0.4 is 11.2 Å². The van der Waals surface area contributed by atoms with Crippen LogP contribution in [0.3, 0.4) is 0 Å². The molecule has 174 valence electrons. The number of phosphoric acid groups is 3. The van der Waals surface area contributed by atoms with Crippen molar-refractivity contribution < 1.29 is 60.6 Å². The fourth-order valence-corrected chi connectivity index (χ4v) is 5.42. The Morgan fingerprint density at radius 2 is 1.87 bits per heavy atom. The molecule has 1 fully saturated rings. The van der Waals surface area contributed by atoms with Crippen LogP contribution in [-0.2, 0) is 31.6 Å². The molecule has 1 aliphatic heterocycles. The summed E-state index contributed by atoms with van der Waals surface area (Å²) in [4.78, 5) is 60.3. The maximum absolute atomic E-state index is 14.8. The second-order valence-electron chi connectivity index (χ2n) is 5.89. The topological polar surface area (TPSA) is 244 Å². The molecule has 0 spiro atoms. The molecule has 0 saturated carbocycles. The minimum atomic E-state index is -5.86. The van der Waals surface area contributed by atoms with Crippen molar-refractivity contribution in [2.75, 3.05) is 6.61 Å². The number of hydrogen-bond donors (Lipinski definition) is 6. The molecule has 20 heteroatoms. The van der Waals surface area contributed by atoms with Crippen molar-refractivity contribution in [2.45, 2.75) is 24.1 Å². The summed E-state index contributed by atoms with van der Waals surface area (Å²) >= 11 is 0. The molecule has 16 nitrogen and oxygen atoms in total. The fraction of sp³-hybridized carbons (Fsp3) is 0.455. The van der Waals surface area contributed by atoms with Crippen LogP contribution >= 0.6 is 23.5 Å². The van der Waals surface area contributed by atoms with E-state index >= 15 is 0 Å². The van der Waals surface area contributed by atoms with Gasteiger partial charge < -0.3 is 29.4 Å². The first kappa shape index (κ1) is 25.8. The third-order valence-corrected chi connectivity index (χ3v) is 7.43. The van der Waals surface area contributed by atoms with Crippen LogP contribution in [0.5, 0.6) is 0 Å². The highest BCUT2D eigenvalue weighted by atomic mass is 31.3. The molecule has 0 aromatic carbocycles. The van der Waals surface area contributed by atoms with Gasteiger partial charge in [0.05, 0.1) is 6.42 Å². The van der Waals surface area contributed by atoms with Gasteiger partial charge in [-0.25, -0.2) is 22.9 Å². The van der Waals surface area contributed by atoms with E-state index in [-0.39, 0.29) is 0 Å². The summed E-state index contributed by atoms with van der Waals surface area (Å²) in [5, 5.41) is 10.0. The third-order valence-electron chi connectivity index (χ3n) is 3.64. The summed E-state index contributed by atoms with van der Waals surface area (Å²) in [7, 11) is -17.2. The molecule has 0 bridgehead atoms. The van der Waals surface area contributed by atoms with Gasteiger partial charge in [-0.2, -0.15) is 8.62 Å². The molecule has 0 amide bonds. The molecule has 0 aliphatic carbocycles. The molecule has 2 unspecified atom stereocenters. The highest BCUT2D eigenvalue weighted by Gasteiger charge is 2.62. The summed E-state index contributed by atoms with van der Waals surface area (Å²) in [6, 6.07) is 0.865. The van der Waals surface area contributed by atoms with Gasteiger partial charge in [0.2, 0.25) is 5.60 Å². The SMILES string of the molecule is C#C[C@]1(COP(=O)(O)OP(=O)(O)OP(=O)(O)O)O[C@@H](n2ccc(=O)[nH]c2=O)C[C@@]1(O)F. The van der Waals surface area contributed by atoms with Crippen molar-refractivity contribution in [3.8, 4) is 12.3 Å². The Labute approximate surface area is 170 Å². The van der Waals surface area contributed by atoms with Gasteiger partial charge in [0.25, 0.3) is 11.4 Å². The lowest BCUT2D eigenvalue weighted by Crippen LogP contribution is -2.50. The van der Waals surface area contributed by atoms with Gasteiger partial charge >= 0.3 is 29.2 Å². The summed E-state index contributed by atoms with van der Waals surface area (Å²) in [6.45, 7) is -1.52. The number of aliphatic hydroxyl groups is 1. The molecule has 1 aromatic rings. The summed E-state index contributed by atoms with van der Waals surface area (Å²) in [5.74, 6) is -1.87. The number of halogens is 1. The number of nitrogens with zero attached hydrogens (tertiary/aromatic N) is 1. The quantitative estimate of drug-likeness (QED) is 0.178. The second-order valence-corrected chi connectivity index (χ2v) is 10.3. The van der Waals surface area contributed by atoms with Crippen LogP contribution in [0.25, 0.3) is 0 Å². The van der Waals surface area contributed by atoms with E-state index in [1.807, 2.05) is 4.98 Å². The van der Waals surface area contributed by atoms with Crippen molar-refractivity contribution in [1.29, 1.82) is 0 Å². The van der Waals surface area contributed by atoms with Crippen molar-refractivity contribution in [1.82, 2.24) is 9.55 Å².